The molecule has 0 amide bonds. The molecule has 0 aromatic heterocycles. The van der Waals surface area contributed by atoms with Crippen molar-refractivity contribution in [1.82, 2.24) is 0 Å². The Labute approximate surface area is 128 Å². The van der Waals surface area contributed by atoms with Gasteiger partial charge in [0.05, 0.1) is 12.2 Å². The second-order valence-corrected chi connectivity index (χ2v) is 4.79. The molecule has 0 aliphatic carbocycles. The van der Waals surface area contributed by atoms with E-state index in [0.29, 0.717) is 11.3 Å². The maximum Gasteiger partial charge on any atom is 0.196 e. The van der Waals surface area contributed by atoms with Gasteiger partial charge in [0.25, 0.3) is 0 Å². The third-order valence-electron chi connectivity index (χ3n) is 3.05. The van der Waals surface area contributed by atoms with E-state index in [1.54, 1.807) is 30.3 Å². The third-order valence-corrected chi connectivity index (χ3v) is 3.05. The number of aliphatic hydroxyl groups is 1. The van der Waals surface area contributed by atoms with Crippen LogP contribution in [0.15, 0.2) is 48.5 Å². The fourth-order valence-electron chi connectivity index (χ4n) is 1.97. The SMILES string of the molecule is COCC(O)COc1ccc(C(=O)c2ccccc2)c(O)c1. The number of phenolic OH excluding ortho intramolecular Hbond substituents is 1. The van der Waals surface area contributed by atoms with Crippen LogP contribution in [0.3, 0.4) is 0 Å². The Morgan fingerprint density at radius 1 is 1.14 bits per heavy atom. The number of hydrogen-bond donors (Lipinski definition) is 2. The number of benzene rings is 2. The summed E-state index contributed by atoms with van der Waals surface area (Å²) < 4.78 is 10.1. The van der Waals surface area contributed by atoms with E-state index in [0.717, 1.165) is 0 Å². The molecule has 22 heavy (non-hydrogen) atoms. The number of aromatic hydroxyl groups is 1. The molecule has 0 saturated carbocycles. The van der Waals surface area contributed by atoms with Crippen LogP contribution in [0.5, 0.6) is 11.5 Å². The number of aliphatic hydroxyl groups excluding tert-OH is 1. The quantitative estimate of drug-likeness (QED) is 0.765. The van der Waals surface area contributed by atoms with E-state index in [2.05, 4.69) is 0 Å². The minimum atomic E-state index is -0.752. The van der Waals surface area contributed by atoms with E-state index >= 15 is 0 Å². The van der Waals surface area contributed by atoms with E-state index in [1.165, 1.54) is 19.2 Å². The molecule has 0 heterocycles. The maximum atomic E-state index is 12.3. The number of carbonyl (C=O) groups excluding carboxylic acids is 1. The Morgan fingerprint density at radius 3 is 2.50 bits per heavy atom. The van der Waals surface area contributed by atoms with Crippen LogP contribution < -0.4 is 4.74 Å². The molecule has 0 spiro atoms. The maximum absolute atomic E-state index is 12.3. The molecule has 0 aliphatic heterocycles. The van der Waals surface area contributed by atoms with Crippen LogP contribution >= 0.6 is 0 Å². The van der Waals surface area contributed by atoms with Crippen molar-refractivity contribution in [2.45, 2.75) is 6.10 Å². The lowest BCUT2D eigenvalue weighted by Gasteiger charge is -2.12. The molecular formula is C17H18O5. The number of carbonyl (C=O) groups is 1. The summed E-state index contributed by atoms with van der Waals surface area (Å²) >= 11 is 0. The number of ketones is 1. The summed E-state index contributed by atoms with van der Waals surface area (Å²) in [5.41, 5.74) is 0.706. The molecule has 2 N–H and O–H groups in total. The van der Waals surface area contributed by atoms with Crippen LogP contribution in [0.4, 0.5) is 0 Å². The average molecular weight is 302 g/mol. The van der Waals surface area contributed by atoms with Crippen LogP contribution in [0.1, 0.15) is 15.9 Å². The zero-order chi connectivity index (χ0) is 15.9. The Kier molecular flexibility index (Phi) is 5.52. The summed E-state index contributed by atoms with van der Waals surface area (Å²) in [6.07, 6.45) is -0.752. The summed E-state index contributed by atoms with van der Waals surface area (Å²) in [5.74, 6) is -0.0473. The molecule has 1 atom stereocenters. The molecule has 0 fully saturated rings. The molecule has 2 aromatic carbocycles. The molecule has 2 aromatic rings. The Balaban J connectivity index is 2.08. The first-order valence-corrected chi connectivity index (χ1v) is 6.84. The van der Waals surface area contributed by atoms with Crippen LogP contribution in [0.25, 0.3) is 0 Å². The Hall–Kier alpha value is -2.37. The molecular weight excluding hydrogens is 284 g/mol. The fourth-order valence-corrected chi connectivity index (χ4v) is 1.97. The second-order valence-electron chi connectivity index (χ2n) is 4.79. The van der Waals surface area contributed by atoms with Gasteiger partial charge in [0.15, 0.2) is 5.78 Å². The molecule has 0 saturated heterocycles. The highest BCUT2D eigenvalue weighted by molar-refractivity contribution is 6.10. The van der Waals surface area contributed by atoms with E-state index in [1.807, 2.05) is 6.07 Å². The molecule has 116 valence electrons. The van der Waals surface area contributed by atoms with E-state index in [4.69, 9.17) is 9.47 Å². The van der Waals surface area contributed by atoms with Gasteiger partial charge < -0.3 is 19.7 Å². The van der Waals surface area contributed by atoms with Gasteiger partial charge >= 0.3 is 0 Å². The highest BCUT2D eigenvalue weighted by atomic mass is 16.5. The van der Waals surface area contributed by atoms with E-state index in [9.17, 15) is 15.0 Å². The zero-order valence-corrected chi connectivity index (χ0v) is 12.2. The predicted octanol–water partition coefficient (Wildman–Crippen LogP) is 2.01. The van der Waals surface area contributed by atoms with E-state index < -0.39 is 6.10 Å². The first-order chi connectivity index (χ1) is 10.6. The van der Waals surface area contributed by atoms with Crippen molar-refractivity contribution in [1.29, 1.82) is 0 Å². The predicted molar refractivity (Wildman–Crippen MR) is 81.4 cm³/mol. The lowest BCUT2D eigenvalue weighted by Crippen LogP contribution is -2.22. The van der Waals surface area contributed by atoms with Gasteiger partial charge in [-0.3, -0.25) is 4.79 Å². The van der Waals surface area contributed by atoms with Gasteiger partial charge in [-0.05, 0) is 12.1 Å². The molecule has 5 heteroatoms. The highest BCUT2D eigenvalue weighted by Gasteiger charge is 2.14. The topological polar surface area (TPSA) is 76.0 Å². The fraction of sp³-hybridized carbons (Fsp3) is 0.235. The van der Waals surface area contributed by atoms with Crippen molar-refractivity contribution >= 4 is 5.78 Å². The molecule has 0 bridgehead atoms. The normalized spacial score (nSPS) is 11.9. The summed E-state index contributed by atoms with van der Waals surface area (Å²) in [4.78, 5) is 12.3. The Morgan fingerprint density at radius 2 is 1.86 bits per heavy atom. The lowest BCUT2D eigenvalue weighted by molar-refractivity contribution is 0.0325. The van der Waals surface area contributed by atoms with Crippen molar-refractivity contribution in [3.8, 4) is 11.5 Å². The van der Waals surface area contributed by atoms with E-state index in [-0.39, 0.29) is 30.3 Å². The molecule has 0 radical (unpaired) electrons. The van der Waals surface area contributed by atoms with Gasteiger partial charge in [-0.2, -0.15) is 0 Å². The first-order valence-electron chi connectivity index (χ1n) is 6.84. The van der Waals surface area contributed by atoms with Gasteiger partial charge in [-0.15, -0.1) is 0 Å². The third kappa shape index (κ3) is 4.07. The smallest absolute Gasteiger partial charge is 0.196 e. The summed E-state index contributed by atoms with van der Waals surface area (Å²) in [6.45, 7) is 0.204. The summed E-state index contributed by atoms with van der Waals surface area (Å²) in [5, 5.41) is 19.5. The van der Waals surface area contributed by atoms with Crippen molar-refractivity contribution < 1.29 is 24.5 Å². The number of rotatable bonds is 7. The van der Waals surface area contributed by atoms with Crippen molar-refractivity contribution in [3.05, 3.63) is 59.7 Å². The standard InChI is InChI=1S/C17H18O5/c1-21-10-13(18)11-22-14-7-8-15(16(19)9-14)17(20)12-5-3-2-4-6-12/h2-9,13,18-19H,10-11H2,1H3. The number of ether oxygens (including phenoxy) is 2. The molecule has 2 rings (SSSR count). The van der Waals surface area contributed by atoms with Crippen molar-refractivity contribution in [2.75, 3.05) is 20.3 Å². The second kappa shape index (κ2) is 7.59. The molecule has 1 unspecified atom stereocenters. The largest absolute Gasteiger partial charge is 0.507 e. The molecule has 5 nitrogen and oxygen atoms in total. The average Bonchev–Trinajstić information content (AvgIpc) is 2.53. The summed E-state index contributed by atoms with van der Waals surface area (Å²) in [6, 6.07) is 13.2. The van der Waals surface area contributed by atoms with Gasteiger partial charge in [0.2, 0.25) is 0 Å². The minimum Gasteiger partial charge on any atom is -0.507 e. The van der Waals surface area contributed by atoms with Crippen LogP contribution in [-0.2, 0) is 4.74 Å². The monoisotopic (exact) mass is 302 g/mol. The number of methoxy groups -OCH3 is 1. The van der Waals surface area contributed by atoms with Crippen LogP contribution in [-0.4, -0.2) is 42.4 Å². The van der Waals surface area contributed by atoms with Gasteiger partial charge in [-0.25, -0.2) is 0 Å². The lowest BCUT2D eigenvalue weighted by atomic mass is 10.0. The van der Waals surface area contributed by atoms with Crippen molar-refractivity contribution in [3.63, 3.8) is 0 Å². The van der Waals surface area contributed by atoms with Gasteiger partial charge in [0.1, 0.15) is 24.2 Å². The van der Waals surface area contributed by atoms with Crippen LogP contribution in [0.2, 0.25) is 0 Å². The Bertz CT molecular complexity index is 624. The van der Waals surface area contributed by atoms with Crippen molar-refractivity contribution in [2.24, 2.45) is 0 Å². The molecule has 0 aliphatic rings. The van der Waals surface area contributed by atoms with Crippen LogP contribution in [0, 0.1) is 0 Å². The van der Waals surface area contributed by atoms with Gasteiger partial charge in [0, 0.05) is 18.7 Å². The minimum absolute atomic E-state index is 0.0409. The zero-order valence-electron chi connectivity index (χ0n) is 12.2. The number of hydrogen-bond acceptors (Lipinski definition) is 5. The summed E-state index contributed by atoms with van der Waals surface area (Å²) in [7, 11) is 1.49. The number of phenols is 1. The first kappa shape index (κ1) is 16.0. The van der Waals surface area contributed by atoms with Gasteiger partial charge in [-0.1, -0.05) is 30.3 Å². The highest BCUT2D eigenvalue weighted by Crippen LogP contribution is 2.26.